The van der Waals surface area contributed by atoms with Crippen LogP contribution in [0.25, 0.3) is 0 Å². The van der Waals surface area contributed by atoms with Gasteiger partial charge in [0.2, 0.25) is 0 Å². The van der Waals surface area contributed by atoms with E-state index < -0.39 is 11.5 Å². The van der Waals surface area contributed by atoms with Crippen LogP contribution in [0, 0.1) is 5.92 Å². The van der Waals surface area contributed by atoms with E-state index in [4.69, 9.17) is 0 Å². The first-order valence-electron chi connectivity index (χ1n) is 7.43. The van der Waals surface area contributed by atoms with E-state index in [-0.39, 0.29) is 17.7 Å². The highest BCUT2D eigenvalue weighted by molar-refractivity contribution is 5.96. The van der Waals surface area contributed by atoms with Gasteiger partial charge in [-0.1, -0.05) is 13.8 Å². The molecule has 6 heteroatoms. The third-order valence-corrected chi connectivity index (χ3v) is 4.13. The van der Waals surface area contributed by atoms with E-state index in [1.165, 1.54) is 0 Å². The van der Waals surface area contributed by atoms with Crippen LogP contribution in [0.15, 0.2) is 6.07 Å². The maximum absolute atomic E-state index is 12.5. The maximum Gasteiger partial charge on any atom is 0.329 e. The van der Waals surface area contributed by atoms with Crippen molar-refractivity contribution < 1.29 is 14.7 Å². The zero-order chi connectivity index (χ0) is 15.8. The summed E-state index contributed by atoms with van der Waals surface area (Å²) in [4.78, 5) is 24.0. The number of nitrogens with zero attached hydrogens (tertiary/aromatic N) is 2. The van der Waals surface area contributed by atoms with Crippen LogP contribution in [0.1, 0.15) is 62.6 Å². The lowest BCUT2D eigenvalue weighted by atomic mass is 9.95. The molecule has 0 saturated heterocycles. The molecule has 1 heterocycles. The van der Waals surface area contributed by atoms with Crippen molar-refractivity contribution in [2.75, 3.05) is 0 Å². The van der Waals surface area contributed by atoms with Crippen LogP contribution in [0.3, 0.4) is 0 Å². The molecule has 1 atom stereocenters. The molecule has 1 unspecified atom stereocenters. The van der Waals surface area contributed by atoms with Gasteiger partial charge in [0, 0.05) is 6.54 Å². The van der Waals surface area contributed by atoms with Crippen molar-refractivity contribution in [3.63, 3.8) is 0 Å². The standard InChI is InChI=1S/C15H23N3O3/c1-5-18-12(8-11(17-18)9(2)3)13(19)16-15(4,14(20)21)10-6-7-10/h8-10H,5-7H2,1-4H3,(H,16,19)(H,20,21). The predicted molar refractivity (Wildman–Crippen MR) is 78.2 cm³/mol. The summed E-state index contributed by atoms with van der Waals surface area (Å²) < 4.78 is 1.62. The summed E-state index contributed by atoms with van der Waals surface area (Å²) in [5.41, 5.74) is 0.0672. The molecule has 1 saturated carbocycles. The molecule has 1 fully saturated rings. The molecule has 0 aromatic carbocycles. The van der Waals surface area contributed by atoms with E-state index in [0.717, 1.165) is 18.5 Å². The summed E-state index contributed by atoms with van der Waals surface area (Å²) in [6.45, 7) is 8.08. The van der Waals surface area contributed by atoms with Gasteiger partial charge >= 0.3 is 5.97 Å². The summed E-state index contributed by atoms with van der Waals surface area (Å²) in [5, 5.41) is 16.5. The van der Waals surface area contributed by atoms with Crippen LogP contribution in [-0.2, 0) is 11.3 Å². The highest BCUT2D eigenvalue weighted by Crippen LogP contribution is 2.39. The third kappa shape index (κ3) is 2.94. The Morgan fingerprint density at radius 3 is 2.57 bits per heavy atom. The number of aromatic nitrogens is 2. The molecule has 21 heavy (non-hydrogen) atoms. The monoisotopic (exact) mass is 293 g/mol. The van der Waals surface area contributed by atoms with Gasteiger partial charge in [0.25, 0.3) is 5.91 Å². The largest absolute Gasteiger partial charge is 0.480 e. The topological polar surface area (TPSA) is 84.2 Å². The first-order valence-corrected chi connectivity index (χ1v) is 7.43. The summed E-state index contributed by atoms with van der Waals surface area (Å²) in [6, 6.07) is 1.75. The Labute approximate surface area is 124 Å². The Morgan fingerprint density at radius 1 is 1.52 bits per heavy atom. The predicted octanol–water partition coefficient (Wildman–Crippen LogP) is 2.01. The minimum Gasteiger partial charge on any atom is -0.480 e. The molecule has 1 aromatic heterocycles. The normalized spacial score (nSPS) is 17.6. The lowest BCUT2D eigenvalue weighted by Gasteiger charge is -2.26. The number of nitrogens with one attached hydrogen (secondary N) is 1. The fourth-order valence-electron chi connectivity index (χ4n) is 2.43. The highest BCUT2D eigenvalue weighted by Gasteiger charge is 2.48. The number of carboxylic acid groups (broad SMARTS) is 1. The van der Waals surface area contributed by atoms with Gasteiger partial charge in [0.1, 0.15) is 11.2 Å². The van der Waals surface area contributed by atoms with E-state index in [0.29, 0.717) is 12.2 Å². The summed E-state index contributed by atoms with van der Waals surface area (Å²) in [6.07, 6.45) is 1.68. The molecule has 6 nitrogen and oxygen atoms in total. The van der Waals surface area contributed by atoms with Gasteiger partial charge in [-0.15, -0.1) is 0 Å². The fraction of sp³-hybridized carbons (Fsp3) is 0.667. The average Bonchev–Trinajstić information content (AvgIpc) is 3.17. The van der Waals surface area contributed by atoms with Gasteiger partial charge in [-0.25, -0.2) is 4.79 Å². The second kappa shape index (κ2) is 5.50. The number of aryl methyl sites for hydroxylation is 1. The second-order valence-electron chi connectivity index (χ2n) is 6.16. The van der Waals surface area contributed by atoms with Crippen LogP contribution in [-0.4, -0.2) is 32.3 Å². The molecule has 2 rings (SSSR count). The van der Waals surface area contributed by atoms with E-state index in [1.54, 1.807) is 17.7 Å². The van der Waals surface area contributed by atoms with Crippen LogP contribution in [0.5, 0.6) is 0 Å². The first-order chi connectivity index (χ1) is 9.79. The molecule has 0 spiro atoms. The molecule has 1 amide bonds. The number of aliphatic carboxylic acids is 1. The molecular formula is C15H23N3O3. The van der Waals surface area contributed by atoms with Gasteiger partial charge in [-0.3, -0.25) is 9.48 Å². The highest BCUT2D eigenvalue weighted by atomic mass is 16.4. The first kappa shape index (κ1) is 15.5. The minimum absolute atomic E-state index is 0.0153. The van der Waals surface area contributed by atoms with E-state index >= 15 is 0 Å². The maximum atomic E-state index is 12.5. The van der Waals surface area contributed by atoms with E-state index in [9.17, 15) is 14.7 Å². The smallest absolute Gasteiger partial charge is 0.329 e. The van der Waals surface area contributed by atoms with Crippen molar-refractivity contribution in [1.29, 1.82) is 0 Å². The number of carbonyl (C=O) groups excluding carboxylic acids is 1. The zero-order valence-corrected chi connectivity index (χ0v) is 13.0. The van der Waals surface area contributed by atoms with Crippen LogP contribution >= 0.6 is 0 Å². The van der Waals surface area contributed by atoms with Gasteiger partial charge in [-0.2, -0.15) is 5.10 Å². The van der Waals surface area contributed by atoms with Crippen molar-refractivity contribution in [2.45, 2.75) is 58.5 Å². The number of rotatable bonds is 6. The average molecular weight is 293 g/mol. The molecule has 1 aliphatic rings. The Hall–Kier alpha value is -1.85. The van der Waals surface area contributed by atoms with Crippen LogP contribution < -0.4 is 5.32 Å². The Balaban J connectivity index is 2.25. The Bertz CT molecular complexity index is 561. The molecule has 116 valence electrons. The SMILES string of the molecule is CCn1nc(C(C)C)cc1C(=O)NC(C)(C(=O)O)C1CC1. The minimum atomic E-state index is -1.20. The molecule has 1 aliphatic carbocycles. The number of hydrogen-bond donors (Lipinski definition) is 2. The number of amides is 1. The molecular weight excluding hydrogens is 270 g/mol. The van der Waals surface area contributed by atoms with Gasteiger partial charge in [0.15, 0.2) is 0 Å². The van der Waals surface area contributed by atoms with E-state index in [1.807, 2.05) is 20.8 Å². The lowest BCUT2D eigenvalue weighted by molar-refractivity contribution is -0.144. The number of hydrogen-bond acceptors (Lipinski definition) is 3. The molecule has 1 aromatic rings. The summed E-state index contributed by atoms with van der Waals surface area (Å²) in [7, 11) is 0. The summed E-state index contributed by atoms with van der Waals surface area (Å²) in [5.74, 6) is -1.11. The second-order valence-corrected chi connectivity index (χ2v) is 6.16. The van der Waals surface area contributed by atoms with Crippen molar-refractivity contribution in [2.24, 2.45) is 5.92 Å². The van der Waals surface area contributed by atoms with Gasteiger partial charge < -0.3 is 10.4 Å². The zero-order valence-electron chi connectivity index (χ0n) is 13.0. The summed E-state index contributed by atoms with van der Waals surface area (Å²) >= 11 is 0. The molecule has 0 radical (unpaired) electrons. The van der Waals surface area contributed by atoms with Crippen LogP contribution in [0.4, 0.5) is 0 Å². The third-order valence-electron chi connectivity index (χ3n) is 4.13. The lowest BCUT2D eigenvalue weighted by Crippen LogP contribution is -2.54. The van der Waals surface area contributed by atoms with Gasteiger partial charge in [-0.05, 0) is 44.6 Å². The van der Waals surface area contributed by atoms with E-state index in [2.05, 4.69) is 10.4 Å². The number of carboxylic acids is 1. The molecule has 0 bridgehead atoms. The molecule has 0 aliphatic heterocycles. The Morgan fingerprint density at radius 2 is 2.14 bits per heavy atom. The van der Waals surface area contributed by atoms with Crippen molar-refractivity contribution in [1.82, 2.24) is 15.1 Å². The van der Waals surface area contributed by atoms with Crippen molar-refractivity contribution >= 4 is 11.9 Å². The van der Waals surface area contributed by atoms with Crippen molar-refractivity contribution in [3.05, 3.63) is 17.5 Å². The van der Waals surface area contributed by atoms with Crippen LogP contribution in [0.2, 0.25) is 0 Å². The van der Waals surface area contributed by atoms with Crippen molar-refractivity contribution in [3.8, 4) is 0 Å². The number of carbonyl (C=O) groups is 2. The fourth-order valence-corrected chi connectivity index (χ4v) is 2.43. The Kier molecular flexibility index (Phi) is 4.07. The van der Waals surface area contributed by atoms with Gasteiger partial charge in [0.05, 0.1) is 5.69 Å². The quantitative estimate of drug-likeness (QED) is 0.840. The molecule has 2 N–H and O–H groups in total.